The van der Waals surface area contributed by atoms with Crippen molar-refractivity contribution in [1.82, 2.24) is 18.7 Å². The van der Waals surface area contributed by atoms with E-state index in [9.17, 15) is 14.4 Å². The van der Waals surface area contributed by atoms with Crippen LogP contribution in [0.2, 0.25) is 0 Å². The smallest absolute Gasteiger partial charge is 0.337 e. The van der Waals surface area contributed by atoms with Crippen LogP contribution < -0.4 is 11.2 Å². The molecule has 2 aromatic heterocycles. The molecule has 0 aliphatic rings. The first-order valence-electron chi connectivity index (χ1n) is 10.9. The number of methoxy groups -OCH3 is 1. The Bertz CT molecular complexity index is 1470. The highest BCUT2D eigenvalue weighted by Gasteiger charge is 2.19. The summed E-state index contributed by atoms with van der Waals surface area (Å²) in [6, 6.07) is 14.6. The molecule has 8 nitrogen and oxygen atoms in total. The number of carbonyl (C=O) groups excluding carboxylic acids is 1. The molecule has 4 aromatic rings. The van der Waals surface area contributed by atoms with Crippen LogP contribution >= 0.6 is 0 Å². The predicted octanol–water partition coefficient (Wildman–Crippen LogP) is 3.49. The molecule has 0 saturated carbocycles. The van der Waals surface area contributed by atoms with E-state index in [4.69, 9.17) is 4.74 Å². The number of fused-ring (bicyclic) bond motifs is 1. The summed E-state index contributed by atoms with van der Waals surface area (Å²) in [5.41, 5.74) is 2.78. The Morgan fingerprint density at radius 1 is 1.09 bits per heavy atom. The predicted molar refractivity (Wildman–Crippen MR) is 131 cm³/mol. The lowest BCUT2D eigenvalue weighted by Gasteiger charge is -2.13. The van der Waals surface area contributed by atoms with Gasteiger partial charge in [0.05, 0.1) is 24.7 Å². The number of aromatic nitrogens is 4. The number of allylic oxidation sites excluding steroid dienone is 1. The van der Waals surface area contributed by atoms with Crippen molar-refractivity contribution in [3.8, 4) is 5.69 Å². The van der Waals surface area contributed by atoms with E-state index >= 15 is 0 Å². The molecule has 0 spiro atoms. The Hall–Kier alpha value is -4.20. The number of benzene rings is 2. The van der Waals surface area contributed by atoms with Crippen molar-refractivity contribution in [3.63, 3.8) is 0 Å². The molecule has 0 unspecified atom stereocenters. The van der Waals surface area contributed by atoms with Crippen molar-refractivity contribution >= 4 is 17.1 Å². The number of nitrogens with zero attached hydrogens (tertiary/aromatic N) is 4. The Morgan fingerprint density at radius 2 is 1.76 bits per heavy atom. The quantitative estimate of drug-likeness (QED) is 0.312. The van der Waals surface area contributed by atoms with Gasteiger partial charge < -0.3 is 9.30 Å². The summed E-state index contributed by atoms with van der Waals surface area (Å²) in [5, 5.41) is 0. The maximum absolute atomic E-state index is 13.3. The van der Waals surface area contributed by atoms with Crippen molar-refractivity contribution in [2.45, 2.75) is 32.9 Å². The number of hydrogen-bond donors (Lipinski definition) is 0. The highest BCUT2D eigenvalue weighted by molar-refractivity contribution is 5.89. The molecule has 0 fully saturated rings. The third-order valence-electron chi connectivity index (χ3n) is 5.76. The van der Waals surface area contributed by atoms with Gasteiger partial charge in [-0.05, 0) is 41.3 Å². The average molecular weight is 459 g/mol. The van der Waals surface area contributed by atoms with E-state index in [0.29, 0.717) is 34.9 Å². The van der Waals surface area contributed by atoms with Gasteiger partial charge in [0.15, 0.2) is 11.2 Å². The molecule has 8 heteroatoms. The second kappa shape index (κ2) is 9.35. The fourth-order valence-corrected chi connectivity index (χ4v) is 3.89. The van der Waals surface area contributed by atoms with Gasteiger partial charge in [-0.1, -0.05) is 44.2 Å². The lowest BCUT2D eigenvalue weighted by molar-refractivity contribution is 0.0600. The summed E-state index contributed by atoms with van der Waals surface area (Å²) in [6.45, 7) is 8.31. The summed E-state index contributed by atoms with van der Waals surface area (Å²) in [6.07, 6.45) is 3.07. The third kappa shape index (κ3) is 4.10. The zero-order chi connectivity index (χ0) is 24.4. The first-order chi connectivity index (χ1) is 16.3. The zero-order valence-corrected chi connectivity index (χ0v) is 19.4. The summed E-state index contributed by atoms with van der Waals surface area (Å²) in [5.74, 6) is -0.0651. The second-order valence-electron chi connectivity index (χ2n) is 8.30. The zero-order valence-electron chi connectivity index (χ0n) is 19.4. The summed E-state index contributed by atoms with van der Waals surface area (Å²) < 4.78 is 9.07. The molecule has 4 rings (SSSR count). The van der Waals surface area contributed by atoms with Crippen LogP contribution in [0.3, 0.4) is 0 Å². The maximum atomic E-state index is 13.3. The highest BCUT2D eigenvalue weighted by atomic mass is 16.5. The van der Waals surface area contributed by atoms with Gasteiger partial charge in [-0.3, -0.25) is 9.36 Å². The molecular weight excluding hydrogens is 432 g/mol. The SMILES string of the molecule is C=CCn1c(=O)c2c(ncn2Cc2ccc(C(=O)OC)cc2)n(-c2ccc(C(C)C)cc2)c1=O. The van der Waals surface area contributed by atoms with E-state index in [1.165, 1.54) is 17.8 Å². The molecular formula is C26H26N4O4. The molecule has 0 aliphatic carbocycles. The maximum Gasteiger partial charge on any atom is 0.337 e. The fourth-order valence-electron chi connectivity index (χ4n) is 3.89. The lowest BCUT2D eigenvalue weighted by Crippen LogP contribution is -2.39. The van der Waals surface area contributed by atoms with Crippen molar-refractivity contribution in [2.24, 2.45) is 0 Å². The minimum absolute atomic E-state index is 0.0801. The summed E-state index contributed by atoms with van der Waals surface area (Å²) in [4.78, 5) is 42.7. The number of carbonyl (C=O) groups is 1. The molecule has 2 aromatic carbocycles. The number of hydrogen-bond acceptors (Lipinski definition) is 5. The van der Waals surface area contributed by atoms with Gasteiger partial charge in [0.25, 0.3) is 5.56 Å². The van der Waals surface area contributed by atoms with E-state index in [-0.39, 0.29) is 6.54 Å². The van der Waals surface area contributed by atoms with E-state index in [2.05, 4.69) is 25.4 Å². The van der Waals surface area contributed by atoms with Crippen LogP contribution in [0.1, 0.15) is 41.3 Å². The molecule has 2 heterocycles. The van der Waals surface area contributed by atoms with Crippen LogP contribution in [0.4, 0.5) is 0 Å². The summed E-state index contributed by atoms with van der Waals surface area (Å²) in [7, 11) is 1.33. The van der Waals surface area contributed by atoms with Gasteiger partial charge in [-0.15, -0.1) is 6.58 Å². The topological polar surface area (TPSA) is 88.1 Å². The van der Waals surface area contributed by atoms with Crippen LogP contribution in [-0.2, 0) is 17.8 Å². The van der Waals surface area contributed by atoms with Gasteiger partial charge in [0, 0.05) is 13.1 Å². The fraction of sp³-hybridized carbons (Fsp3) is 0.231. The molecule has 0 aliphatic heterocycles. The van der Waals surface area contributed by atoms with E-state index in [1.54, 1.807) is 35.2 Å². The van der Waals surface area contributed by atoms with Crippen LogP contribution in [0, 0.1) is 0 Å². The molecule has 0 radical (unpaired) electrons. The van der Waals surface area contributed by atoms with Gasteiger partial charge in [-0.25, -0.2) is 19.1 Å². The molecule has 174 valence electrons. The molecule has 34 heavy (non-hydrogen) atoms. The van der Waals surface area contributed by atoms with Gasteiger partial charge in [0.2, 0.25) is 0 Å². The van der Waals surface area contributed by atoms with Gasteiger partial charge >= 0.3 is 11.7 Å². The van der Waals surface area contributed by atoms with Crippen LogP contribution in [0.5, 0.6) is 0 Å². The first-order valence-corrected chi connectivity index (χ1v) is 10.9. The number of rotatable bonds is 7. The largest absolute Gasteiger partial charge is 0.465 e. The van der Waals surface area contributed by atoms with Crippen molar-refractivity contribution in [1.29, 1.82) is 0 Å². The van der Waals surface area contributed by atoms with Gasteiger partial charge in [0.1, 0.15) is 0 Å². The van der Waals surface area contributed by atoms with E-state index in [0.717, 1.165) is 15.7 Å². The molecule has 0 atom stereocenters. The number of esters is 1. The monoisotopic (exact) mass is 458 g/mol. The van der Waals surface area contributed by atoms with Crippen molar-refractivity contribution in [3.05, 3.63) is 105 Å². The highest BCUT2D eigenvalue weighted by Crippen LogP contribution is 2.19. The van der Waals surface area contributed by atoms with Crippen molar-refractivity contribution < 1.29 is 9.53 Å². The van der Waals surface area contributed by atoms with E-state index < -0.39 is 17.2 Å². The standard InChI is InChI=1S/C26H26N4O4/c1-5-14-29-24(31)22-23(30(26(29)33)21-12-10-19(11-13-21)17(2)3)27-16-28(22)15-18-6-8-20(9-7-18)25(32)34-4/h5-13,16-17H,1,14-15H2,2-4H3. The van der Waals surface area contributed by atoms with Gasteiger partial charge in [-0.2, -0.15) is 0 Å². The summed E-state index contributed by atoms with van der Waals surface area (Å²) >= 11 is 0. The molecule has 0 N–H and O–H groups in total. The Morgan fingerprint density at radius 3 is 2.35 bits per heavy atom. The van der Waals surface area contributed by atoms with Crippen LogP contribution in [0.15, 0.2) is 77.1 Å². The normalized spacial score (nSPS) is 11.2. The molecule has 0 bridgehead atoms. The minimum atomic E-state index is -0.470. The Labute approximate surface area is 196 Å². The first kappa shape index (κ1) is 23.0. The Balaban J connectivity index is 1.86. The second-order valence-corrected chi connectivity index (χ2v) is 8.30. The molecule has 0 amide bonds. The van der Waals surface area contributed by atoms with Crippen LogP contribution in [-0.4, -0.2) is 31.8 Å². The number of ether oxygens (including phenoxy) is 1. The third-order valence-corrected chi connectivity index (χ3v) is 5.76. The lowest BCUT2D eigenvalue weighted by atomic mass is 10.0. The number of imidazole rings is 1. The molecule has 0 saturated heterocycles. The van der Waals surface area contributed by atoms with Crippen LogP contribution in [0.25, 0.3) is 16.9 Å². The van der Waals surface area contributed by atoms with E-state index in [1.807, 2.05) is 24.3 Å². The van der Waals surface area contributed by atoms with Crippen molar-refractivity contribution in [2.75, 3.05) is 7.11 Å². The average Bonchev–Trinajstić information content (AvgIpc) is 3.25. The Kier molecular flexibility index (Phi) is 6.32. The minimum Gasteiger partial charge on any atom is -0.465 e.